The summed E-state index contributed by atoms with van der Waals surface area (Å²) >= 11 is 0. The maximum Gasteiger partial charge on any atom is 0.246 e. The summed E-state index contributed by atoms with van der Waals surface area (Å²) in [4.78, 5) is 12.1. The zero-order valence-electron chi connectivity index (χ0n) is 11.3. The standard InChI is InChI=1S/C14H20N2O3/c1-10(2)19-12-5-3-11(4-6-12)16-13(17)14(15)7-8-18-9-14/h3-6,10H,7-9,15H2,1-2H3,(H,16,17). The molecule has 1 unspecified atom stereocenters. The van der Waals surface area contributed by atoms with Gasteiger partial charge in [-0.1, -0.05) is 0 Å². The van der Waals surface area contributed by atoms with Gasteiger partial charge in [0, 0.05) is 12.3 Å². The fourth-order valence-corrected chi connectivity index (χ4v) is 1.90. The molecule has 1 aliphatic rings. The Morgan fingerprint density at radius 3 is 2.63 bits per heavy atom. The molecule has 104 valence electrons. The highest BCUT2D eigenvalue weighted by Gasteiger charge is 2.38. The molecular formula is C14H20N2O3. The molecule has 1 atom stereocenters. The van der Waals surface area contributed by atoms with Gasteiger partial charge in [-0.15, -0.1) is 0 Å². The molecule has 0 aromatic heterocycles. The third-order valence-corrected chi connectivity index (χ3v) is 2.99. The van der Waals surface area contributed by atoms with E-state index >= 15 is 0 Å². The lowest BCUT2D eigenvalue weighted by Gasteiger charge is -2.20. The lowest BCUT2D eigenvalue weighted by atomic mass is 9.99. The molecular weight excluding hydrogens is 244 g/mol. The van der Waals surface area contributed by atoms with Crippen molar-refractivity contribution in [2.24, 2.45) is 5.73 Å². The van der Waals surface area contributed by atoms with Gasteiger partial charge >= 0.3 is 0 Å². The number of rotatable bonds is 4. The van der Waals surface area contributed by atoms with E-state index in [2.05, 4.69) is 5.32 Å². The molecule has 2 rings (SSSR count). The molecule has 5 heteroatoms. The average Bonchev–Trinajstić information content (AvgIpc) is 2.79. The molecule has 1 saturated heterocycles. The maximum absolute atomic E-state index is 12.1. The molecule has 3 N–H and O–H groups in total. The van der Waals surface area contributed by atoms with Gasteiger partial charge in [0.15, 0.2) is 0 Å². The van der Waals surface area contributed by atoms with Crippen LogP contribution in [0.2, 0.25) is 0 Å². The summed E-state index contributed by atoms with van der Waals surface area (Å²) in [5, 5.41) is 2.81. The van der Waals surface area contributed by atoms with Crippen LogP contribution in [0.25, 0.3) is 0 Å². The Morgan fingerprint density at radius 1 is 1.42 bits per heavy atom. The number of carbonyl (C=O) groups is 1. The normalized spacial score (nSPS) is 22.5. The number of nitrogens with two attached hydrogens (primary N) is 1. The predicted octanol–water partition coefficient (Wildman–Crippen LogP) is 1.53. The largest absolute Gasteiger partial charge is 0.491 e. The zero-order valence-corrected chi connectivity index (χ0v) is 11.3. The molecule has 0 radical (unpaired) electrons. The van der Waals surface area contributed by atoms with Gasteiger partial charge < -0.3 is 20.5 Å². The van der Waals surface area contributed by atoms with Crippen LogP contribution >= 0.6 is 0 Å². The van der Waals surface area contributed by atoms with Crippen molar-refractivity contribution in [1.29, 1.82) is 0 Å². The van der Waals surface area contributed by atoms with Crippen LogP contribution in [0.1, 0.15) is 20.3 Å². The molecule has 0 saturated carbocycles. The quantitative estimate of drug-likeness (QED) is 0.865. The number of ether oxygens (including phenoxy) is 2. The summed E-state index contributed by atoms with van der Waals surface area (Å²) in [6, 6.07) is 7.25. The Balaban J connectivity index is 1.97. The van der Waals surface area contributed by atoms with Crippen LogP contribution < -0.4 is 15.8 Å². The van der Waals surface area contributed by atoms with Crippen molar-refractivity contribution < 1.29 is 14.3 Å². The van der Waals surface area contributed by atoms with Crippen molar-refractivity contribution in [1.82, 2.24) is 0 Å². The summed E-state index contributed by atoms with van der Waals surface area (Å²) in [7, 11) is 0. The molecule has 0 spiro atoms. The van der Waals surface area contributed by atoms with Crippen LogP contribution in [0.4, 0.5) is 5.69 Å². The van der Waals surface area contributed by atoms with Crippen LogP contribution in [0.3, 0.4) is 0 Å². The Bertz CT molecular complexity index is 437. The molecule has 5 nitrogen and oxygen atoms in total. The highest BCUT2D eigenvalue weighted by molar-refractivity contribution is 5.98. The fraction of sp³-hybridized carbons (Fsp3) is 0.500. The van der Waals surface area contributed by atoms with Crippen LogP contribution in [0.15, 0.2) is 24.3 Å². The van der Waals surface area contributed by atoms with E-state index in [4.69, 9.17) is 15.2 Å². The zero-order chi connectivity index (χ0) is 13.9. The second-order valence-electron chi connectivity index (χ2n) is 5.10. The fourth-order valence-electron chi connectivity index (χ4n) is 1.90. The summed E-state index contributed by atoms with van der Waals surface area (Å²) < 4.78 is 10.7. The third-order valence-electron chi connectivity index (χ3n) is 2.99. The van der Waals surface area contributed by atoms with E-state index in [1.807, 2.05) is 26.0 Å². The van der Waals surface area contributed by atoms with E-state index in [0.717, 1.165) is 5.75 Å². The van der Waals surface area contributed by atoms with E-state index in [0.29, 0.717) is 18.7 Å². The van der Waals surface area contributed by atoms with Crippen molar-refractivity contribution in [2.45, 2.75) is 31.9 Å². The Hall–Kier alpha value is -1.59. The van der Waals surface area contributed by atoms with E-state index in [-0.39, 0.29) is 18.6 Å². The van der Waals surface area contributed by atoms with Gasteiger partial charge in [-0.2, -0.15) is 0 Å². The van der Waals surface area contributed by atoms with E-state index < -0.39 is 5.54 Å². The molecule has 1 aromatic rings. The lowest BCUT2D eigenvalue weighted by molar-refractivity contribution is -0.121. The van der Waals surface area contributed by atoms with Gasteiger partial charge in [0.2, 0.25) is 5.91 Å². The molecule has 1 fully saturated rings. The minimum atomic E-state index is -0.910. The Morgan fingerprint density at radius 2 is 2.11 bits per heavy atom. The van der Waals surface area contributed by atoms with E-state index in [1.165, 1.54) is 0 Å². The van der Waals surface area contributed by atoms with Crippen LogP contribution in [-0.2, 0) is 9.53 Å². The minimum Gasteiger partial charge on any atom is -0.491 e. The molecule has 0 bridgehead atoms. The molecule has 19 heavy (non-hydrogen) atoms. The first-order chi connectivity index (χ1) is 8.99. The minimum absolute atomic E-state index is 0.128. The smallest absolute Gasteiger partial charge is 0.246 e. The predicted molar refractivity (Wildman–Crippen MR) is 73.2 cm³/mol. The van der Waals surface area contributed by atoms with E-state index in [1.54, 1.807) is 12.1 Å². The molecule has 1 amide bonds. The van der Waals surface area contributed by atoms with Gasteiger partial charge in [0.1, 0.15) is 11.3 Å². The second kappa shape index (κ2) is 5.59. The van der Waals surface area contributed by atoms with Crippen molar-refractivity contribution in [3.63, 3.8) is 0 Å². The summed E-state index contributed by atoms with van der Waals surface area (Å²) in [6.07, 6.45) is 0.677. The lowest BCUT2D eigenvalue weighted by Crippen LogP contribution is -2.51. The van der Waals surface area contributed by atoms with Crippen LogP contribution in [0, 0.1) is 0 Å². The summed E-state index contributed by atoms with van der Waals surface area (Å²) in [5.41, 5.74) is 5.78. The highest BCUT2D eigenvalue weighted by Crippen LogP contribution is 2.20. The summed E-state index contributed by atoms with van der Waals surface area (Å²) in [6.45, 7) is 4.74. The van der Waals surface area contributed by atoms with Gasteiger partial charge in [-0.25, -0.2) is 0 Å². The Labute approximate surface area is 113 Å². The van der Waals surface area contributed by atoms with Crippen molar-refractivity contribution in [3.8, 4) is 5.75 Å². The Kier molecular flexibility index (Phi) is 4.07. The number of hydrogen-bond donors (Lipinski definition) is 2. The number of benzene rings is 1. The first kappa shape index (κ1) is 13.8. The van der Waals surface area contributed by atoms with Gasteiger partial charge in [-0.3, -0.25) is 4.79 Å². The summed E-state index contributed by atoms with van der Waals surface area (Å²) in [5.74, 6) is 0.571. The third kappa shape index (κ3) is 3.45. The molecule has 1 aromatic carbocycles. The van der Waals surface area contributed by atoms with Crippen LogP contribution in [-0.4, -0.2) is 30.8 Å². The highest BCUT2D eigenvalue weighted by atomic mass is 16.5. The second-order valence-corrected chi connectivity index (χ2v) is 5.10. The molecule has 1 aliphatic heterocycles. The first-order valence-corrected chi connectivity index (χ1v) is 6.44. The number of anilines is 1. The monoisotopic (exact) mass is 264 g/mol. The average molecular weight is 264 g/mol. The van der Waals surface area contributed by atoms with E-state index in [9.17, 15) is 4.79 Å². The number of nitrogens with one attached hydrogen (secondary N) is 1. The SMILES string of the molecule is CC(C)Oc1ccc(NC(=O)C2(N)CCOC2)cc1. The topological polar surface area (TPSA) is 73.6 Å². The number of carbonyl (C=O) groups excluding carboxylic acids is 1. The molecule has 0 aliphatic carbocycles. The number of hydrogen-bond acceptors (Lipinski definition) is 4. The van der Waals surface area contributed by atoms with Gasteiger partial charge in [-0.05, 0) is 44.5 Å². The first-order valence-electron chi connectivity index (χ1n) is 6.44. The maximum atomic E-state index is 12.1. The van der Waals surface area contributed by atoms with Gasteiger partial charge in [0.05, 0.1) is 12.7 Å². The van der Waals surface area contributed by atoms with Crippen molar-refractivity contribution in [3.05, 3.63) is 24.3 Å². The molecule has 1 heterocycles. The van der Waals surface area contributed by atoms with Crippen molar-refractivity contribution in [2.75, 3.05) is 18.5 Å². The van der Waals surface area contributed by atoms with Gasteiger partial charge in [0.25, 0.3) is 0 Å². The number of amides is 1. The van der Waals surface area contributed by atoms with Crippen molar-refractivity contribution >= 4 is 11.6 Å². The van der Waals surface area contributed by atoms with Crippen LogP contribution in [0.5, 0.6) is 5.75 Å².